The Hall–Kier alpha value is -1.89. The minimum atomic E-state index is 0.0730. The molecule has 1 aliphatic rings. The van der Waals surface area contributed by atoms with Gasteiger partial charge in [0.25, 0.3) is 0 Å². The fraction of sp³-hybridized carbons (Fsp3) is 0.455. The second-order valence-corrected chi connectivity index (χ2v) is 4.75. The van der Waals surface area contributed by atoms with Crippen LogP contribution in [0.25, 0.3) is 11.0 Å². The van der Waals surface area contributed by atoms with Crippen LogP contribution in [-0.4, -0.2) is 50.6 Å². The number of nitrogens with one attached hydrogen (secondary N) is 2. The summed E-state index contributed by atoms with van der Waals surface area (Å²) in [6.07, 6.45) is 3.77. The maximum atomic E-state index is 11.9. The molecule has 7 nitrogen and oxygen atoms in total. The summed E-state index contributed by atoms with van der Waals surface area (Å²) in [4.78, 5) is 21.9. The van der Waals surface area contributed by atoms with Gasteiger partial charge in [-0.15, -0.1) is 0 Å². The second-order valence-electron chi connectivity index (χ2n) is 4.41. The van der Waals surface area contributed by atoms with Gasteiger partial charge in [-0.1, -0.05) is 0 Å². The summed E-state index contributed by atoms with van der Waals surface area (Å²) in [7, 11) is 0. The fourth-order valence-corrected chi connectivity index (χ4v) is 2.35. The summed E-state index contributed by atoms with van der Waals surface area (Å²) in [5, 5.41) is 10.5. The number of anilines is 1. The van der Waals surface area contributed by atoms with Gasteiger partial charge >= 0.3 is 0 Å². The van der Waals surface area contributed by atoms with E-state index in [-0.39, 0.29) is 17.7 Å². The molecule has 2 aromatic heterocycles. The molecular formula is C11H13ClN6O. The van der Waals surface area contributed by atoms with Crippen LogP contribution in [0.5, 0.6) is 0 Å². The number of rotatable bonds is 3. The van der Waals surface area contributed by atoms with Gasteiger partial charge in [-0.05, 0) is 24.4 Å². The summed E-state index contributed by atoms with van der Waals surface area (Å²) in [5.74, 6) is 0.597. The number of hydrogen-bond donors (Lipinski definition) is 2. The molecule has 1 fully saturated rings. The van der Waals surface area contributed by atoms with Crippen LogP contribution in [0.1, 0.15) is 12.8 Å². The molecule has 100 valence electrons. The first kappa shape index (κ1) is 12.2. The van der Waals surface area contributed by atoms with Gasteiger partial charge in [-0.25, -0.2) is 0 Å². The van der Waals surface area contributed by atoms with Crippen LogP contribution in [0.3, 0.4) is 0 Å². The maximum absolute atomic E-state index is 11.9. The highest BCUT2D eigenvalue weighted by atomic mass is 35.5. The summed E-state index contributed by atoms with van der Waals surface area (Å²) in [6, 6.07) is 0. The minimum Gasteiger partial charge on any atom is -0.360 e. The first-order valence-corrected chi connectivity index (χ1v) is 6.50. The Bertz CT molecular complexity index is 606. The van der Waals surface area contributed by atoms with E-state index < -0.39 is 0 Å². The molecule has 0 atom stereocenters. The standard InChI is InChI=1S/C11H13ClN6O/c12-11-15-9(7-5-14-17-10(7)16-11)13-6-8(19)18-3-1-2-4-18/h5H,1-4,6H2,(H2,13,14,15,16,17). The van der Waals surface area contributed by atoms with Crippen LogP contribution in [0, 0.1) is 0 Å². The number of nitrogens with zero attached hydrogens (tertiary/aromatic N) is 4. The molecule has 2 aromatic rings. The number of likely N-dealkylation sites (tertiary alicyclic amines) is 1. The zero-order chi connectivity index (χ0) is 13.2. The largest absolute Gasteiger partial charge is 0.360 e. The summed E-state index contributed by atoms with van der Waals surface area (Å²) < 4.78 is 0. The van der Waals surface area contributed by atoms with E-state index in [1.807, 2.05) is 4.90 Å². The van der Waals surface area contributed by atoms with Crippen molar-refractivity contribution in [2.24, 2.45) is 0 Å². The number of aromatic nitrogens is 4. The average molecular weight is 281 g/mol. The van der Waals surface area contributed by atoms with E-state index in [1.54, 1.807) is 6.20 Å². The van der Waals surface area contributed by atoms with Crippen LogP contribution < -0.4 is 5.32 Å². The van der Waals surface area contributed by atoms with Crippen molar-refractivity contribution in [3.8, 4) is 0 Å². The Balaban J connectivity index is 1.74. The number of carbonyl (C=O) groups is 1. The molecule has 1 saturated heterocycles. The molecule has 1 aliphatic heterocycles. The molecular weight excluding hydrogens is 268 g/mol. The molecule has 8 heteroatoms. The molecule has 1 amide bonds. The van der Waals surface area contributed by atoms with Gasteiger partial charge in [-0.2, -0.15) is 15.1 Å². The predicted molar refractivity (Wildman–Crippen MR) is 71.0 cm³/mol. The fourth-order valence-electron chi connectivity index (χ4n) is 2.18. The molecule has 0 aromatic carbocycles. The molecule has 0 saturated carbocycles. The van der Waals surface area contributed by atoms with Crippen molar-refractivity contribution < 1.29 is 4.79 Å². The molecule has 2 N–H and O–H groups in total. The number of halogens is 1. The van der Waals surface area contributed by atoms with E-state index in [9.17, 15) is 4.79 Å². The van der Waals surface area contributed by atoms with Crippen LogP contribution in [0.15, 0.2) is 6.20 Å². The Morgan fingerprint density at radius 2 is 2.21 bits per heavy atom. The number of amides is 1. The number of fused-ring (bicyclic) bond motifs is 1. The van der Waals surface area contributed by atoms with Crippen LogP contribution in [0.2, 0.25) is 5.28 Å². The van der Waals surface area contributed by atoms with Crippen molar-refractivity contribution in [3.05, 3.63) is 11.5 Å². The number of hydrogen-bond acceptors (Lipinski definition) is 5. The van der Waals surface area contributed by atoms with Gasteiger partial charge in [0.1, 0.15) is 5.82 Å². The van der Waals surface area contributed by atoms with Gasteiger partial charge in [0, 0.05) is 13.1 Å². The zero-order valence-corrected chi connectivity index (χ0v) is 10.9. The molecule has 0 spiro atoms. The monoisotopic (exact) mass is 280 g/mol. The van der Waals surface area contributed by atoms with E-state index in [1.165, 1.54) is 0 Å². The lowest BCUT2D eigenvalue weighted by Gasteiger charge is -2.15. The van der Waals surface area contributed by atoms with Gasteiger partial charge < -0.3 is 10.2 Å². The molecule has 3 rings (SSSR count). The molecule has 3 heterocycles. The SMILES string of the molecule is O=C(CNc1nc(Cl)nc2[nH]ncc12)N1CCCC1. The number of carbonyl (C=O) groups excluding carboxylic acids is 1. The molecule has 0 bridgehead atoms. The van der Waals surface area contributed by atoms with E-state index >= 15 is 0 Å². The highest BCUT2D eigenvalue weighted by Crippen LogP contribution is 2.19. The van der Waals surface area contributed by atoms with Crippen molar-refractivity contribution in [1.82, 2.24) is 25.1 Å². The van der Waals surface area contributed by atoms with Gasteiger partial charge in [-0.3, -0.25) is 9.89 Å². The molecule has 19 heavy (non-hydrogen) atoms. The Labute approximate surface area is 114 Å². The van der Waals surface area contributed by atoms with Crippen molar-refractivity contribution in [2.75, 3.05) is 25.0 Å². The Morgan fingerprint density at radius 3 is 3.00 bits per heavy atom. The zero-order valence-electron chi connectivity index (χ0n) is 10.2. The third-order valence-electron chi connectivity index (χ3n) is 3.15. The molecule has 0 radical (unpaired) electrons. The second kappa shape index (κ2) is 5.00. The molecule has 0 unspecified atom stereocenters. The third kappa shape index (κ3) is 2.46. The van der Waals surface area contributed by atoms with Crippen molar-refractivity contribution in [1.29, 1.82) is 0 Å². The van der Waals surface area contributed by atoms with Crippen LogP contribution in [-0.2, 0) is 4.79 Å². The van der Waals surface area contributed by atoms with Crippen LogP contribution >= 0.6 is 11.6 Å². The summed E-state index contributed by atoms with van der Waals surface area (Å²) in [6.45, 7) is 1.88. The summed E-state index contributed by atoms with van der Waals surface area (Å²) in [5.41, 5.74) is 0.552. The first-order chi connectivity index (χ1) is 9.24. The normalized spacial score (nSPS) is 15.1. The Morgan fingerprint density at radius 1 is 1.42 bits per heavy atom. The lowest BCUT2D eigenvalue weighted by atomic mass is 10.4. The number of aromatic amines is 1. The van der Waals surface area contributed by atoms with Crippen LogP contribution in [0.4, 0.5) is 5.82 Å². The topological polar surface area (TPSA) is 86.8 Å². The van der Waals surface area contributed by atoms with Crippen molar-refractivity contribution >= 4 is 34.4 Å². The smallest absolute Gasteiger partial charge is 0.241 e. The number of H-pyrrole nitrogens is 1. The lowest BCUT2D eigenvalue weighted by molar-refractivity contribution is -0.128. The van der Waals surface area contributed by atoms with E-state index in [0.717, 1.165) is 31.3 Å². The quantitative estimate of drug-likeness (QED) is 0.821. The Kier molecular flexibility index (Phi) is 3.20. The third-order valence-corrected chi connectivity index (χ3v) is 3.32. The van der Waals surface area contributed by atoms with Crippen molar-refractivity contribution in [2.45, 2.75) is 12.8 Å². The van der Waals surface area contributed by atoms with E-state index in [0.29, 0.717) is 11.5 Å². The predicted octanol–water partition coefficient (Wildman–Crippen LogP) is 1.04. The van der Waals surface area contributed by atoms with Gasteiger partial charge in [0.05, 0.1) is 18.1 Å². The van der Waals surface area contributed by atoms with Gasteiger partial charge in [0.15, 0.2) is 5.65 Å². The lowest BCUT2D eigenvalue weighted by Crippen LogP contribution is -2.33. The maximum Gasteiger partial charge on any atom is 0.241 e. The highest BCUT2D eigenvalue weighted by molar-refractivity contribution is 6.28. The van der Waals surface area contributed by atoms with E-state index in [2.05, 4.69) is 25.5 Å². The molecule has 0 aliphatic carbocycles. The highest BCUT2D eigenvalue weighted by Gasteiger charge is 2.18. The van der Waals surface area contributed by atoms with Gasteiger partial charge in [0.2, 0.25) is 11.2 Å². The summed E-state index contributed by atoms with van der Waals surface area (Å²) >= 11 is 5.82. The van der Waals surface area contributed by atoms with E-state index in [4.69, 9.17) is 11.6 Å². The minimum absolute atomic E-state index is 0.0730. The average Bonchev–Trinajstić information content (AvgIpc) is 3.05. The van der Waals surface area contributed by atoms with Crippen molar-refractivity contribution in [3.63, 3.8) is 0 Å². The first-order valence-electron chi connectivity index (χ1n) is 6.12.